The maximum atomic E-state index is 11.4. The van der Waals surface area contributed by atoms with Gasteiger partial charge in [-0.2, -0.15) is 5.10 Å². The molecule has 9 nitrogen and oxygen atoms in total. The van der Waals surface area contributed by atoms with E-state index in [-0.39, 0.29) is 11.4 Å². The Morgan fingerprint density at radius 1 is 0.955 bits per heavy atom. The monoisotopic (exact) mass is 599 g/mol. The number of hydrogen-bond donors (Lipinski definition) is 2. The third kappa shape index (κ3) is 4.97. The Morgan fingerprint density at radius 2 is 1.73 bits per heavy atom. The Morgan fingerprint density at radius 3 is 2.50 bits per heavy atom. The summed E-state index contributed by atoms with van der Waals surface area (Å²) in [7, 11) is 1.63. The van der Waals surface area contributed by atoms with Gasteiger partial charge in [0.1, 0.15) is 11.5 Å². The highest BCUT2D eigenvalue weighted by molar-refractivity contribution is 7.22. The molecule has 7 aromatic rings. The second kappa shape index (κ2) is 11.2. The number of aromatic nitrogens is 3. The van der Waals surface area contributed by atoms with Crippen LogP contribution in [-0.2, 0) is 0 Å². The number of methoxy groups -OCH3 is 1. The van der Waals surface area contributed by atoms with Gasteiger partial charge in [-0.1, -0.05) is 59.9 Å². The fraction of sp³-hybridized carbons (Fsp3) is 0.0588. The van der Waals surface area contributed by atoms with Gasteiger partial charge in [-0.05, 0) is 59.3 Å². The topological polar surface area (TPSA) is 115 Å². The summed E-state index contributed by atoms with van der Waals surface area (Å²) in [6.07, 6.45) is 1.93. The minimum Gasteiger partial charge on any atom is -0.508 e. The minimum absolute atomic E-state index is 0.0101. The lowest BCUT2D eigenvalue weighted by Crippen LogP contribution is -2.13. The molecule has 0 saturated carbocycles. The van der Waals surface area contributed by atoms with E-state index in [1.54, 1.807) is 30.0 Å². The number of para-hydroxylation sites is 1. The summed E-state index contributed by atoms with van der Waals surface area (Å²) in [5.41, 5.74) is 4.37. The second-order valence-electron chi connectivity index (χ2n) is 10.2. The number of phenolic OH excluding ortho intramolecular Hbond substituents is 1. The van der Waals surface area contributed by atoms with E-state index in [1.165, 1.54) is 23.5 Å². The van der Waals surface area contributed by atoms with E-state index in [2.05, 4.69) is 5.32 Å². The predicted molar refractivity (Wildman–Crippen MR) is 173 cm³/mol. The van der Waals surface area contributed by atoms with Crippen molar-refractivity contribution in [3.63, 3.8) is 0 Å². The number of nitrogens with zero attached hydrogens (tertiary/aromatic N) is 4. The first-order chi connectivity index (χ1) is 21.5. The van der Waals surface area contributed by atoms with Gasteiger partial charge < -0.3 is 15.2 Å². The summed E-state index contributed by atoms with van der Waals surface area (Å²) in [4.78, 5) is 15.8. The number of nitrogens with one attached hydrogen (secondary N) is 1. The van der Waals surface area contributed by atoms with Crippen LogP contribution in [0.25, 0.3) is 37.9 Å². The Labute approximate surface area is 255 Å². The van der Waals surface area contributed by atoms with E-state index in [1.807, 2.05) is 85.1 Å². The van der Waals surface area contributed by atoms with E-state index in [4.69, 9.17) is 14.8 Å². The highest BCUT2D eigenvalue weighted by atomic mass is 32.1. The lowest BCUT2D eigenvalue weighted by Gasteiger charge is -2.22. The fourth-order valence-electron chi connectivity index (χ4n) is 5.39. The van der Waals surface area contributed by atoms with Gasteiger partial charge in [0.15, 0.2) is 5.13 Å². The first-order valence-electron chi connectivity index (χ1n) is 13.8. The molecular weight excluding hydrogens is 574 g/mol. The van der Waals surface area contributed by atoms with Crippen molar-refractivity contribution >= 4 is 43.1 Å². The Kier molecular flexibility index (Phi) is 6.88. The standard InChI is InChI=1S/C34H25N5O4S/c1-43-25-16-17-28-30(19-25)44-34(35-28)36-33(31-26-10-6-5-7-21(26)13-18-29(31)40)27-20-38(23-8-3-2-4-9-23)37-32(27)22-11-14-24(15-12-22)39(41)42/h2-20,33,40H,1H3,(H,35,36). The number of thiazole rings is 1. The van der Waals surface area contributed by atoms with E-state index < -0.39 is 11.0 Å². The van der Waals surface area contributed by atoms with Crippen LogP contribution >= 0.6 is 11.3 Å². The number of aromatic hydroxyl groups is 1. The number of fused-ring (bicyclic) bond motifs is 2. The summed E-state index contributed by atoms with van der Waals surface area (Å²) in [6, 6.07) is 32.6. The maximum Gasteiger partial charge on any atom is 0.269 e. The normalized spacial score (nSPS) is 11.9. The zero-order chi connectivity index (χ0) is 30.2. The van der Waals surface area contributed by atoms with Gasteiger partial charge in [0.2, 0.25) is 0 Å². The molecule has 1 atom stereocenters. The van der Waals surface area contributed by atoms with Crippen LogP contribution in [0.1, 0.15) is 17.2 Å². The molecule has 7 rings (SSSR count). The second-order valence-corrected chi connectivity index (χ2v) is 11.2. The fourth-order valence-corrected chi connectivity index (χ4v) is 6.31. The van der Waals surface area contributed by atoms with Gasteiger partial charge in [-0.3, -0.25) is 10.1 Å². The van der Waals surface area contributed by atoms with Crippen molar-refractivity contribution in [3.8, 4) is 28.4 Å². The Balaban J connectivity index is 1.46. The molecule has 44 heavy (non-hydrogen) atoms. The molecular formula is C34H25N5O4S. The van der Waals surface area contributed by atoms with Gasteiger partial charge in [0.05, 0.1) is 39.7 Å². The number of ether oxygens (including phenoxy) is 1. The summed E-state index contributed by atoms with van der Waals surface area (Å²) in [5.74, 6) is 0.853. The number of benzene rings is 5. The molecule has 1 unspecified atom stereocenters. The molecule has 216 valence electrons. The van der Waals surface area contributed by atoms with Gasteiger partial charge in [0.25, 0.3) is 5.69 Å². The first kappa shape index (κ1) is 27.1. The third-order valence-corrected chi connectivity index (χ3v) is 8.47. The maximum absolute atomic E-state index is 11.4. The number of phenols is 1. The van der Waals surface area contributed by atoms with Crippen LogP contribution in [0.4, 0.5) is 10.8 Å². The van der Waals surface area contributed by atoms with E-state index in [9.17, 15) is 15.2 Å². The SMILES string of the molecule is COc1ccc2nc(NC(c3cn(-c4ccccc4)nc3-c3ccc([N+](=O)[O-])cc3)c3c(O)ccc4ccccc34)sc2c1. The van der Waals surface area contributed by atoms with E-state index in [0.29, 0.717) is 22.0 Å². The summed E-state index contributed by atoms with van der Waals surface area (Å²) >= 11 is 1.48. The zero-order valence-corrected chi connectivity index (χ0v) is 24.2. The van der Waals surface area contributed by atoms with E-state index >= 15 is 0 Å². The molecule has 10 heteroatoms. The third-order valence-electron chi connectivity index (χ3n) is 7.53. The number of rotatable bonds is 8. The summed E-state index contributed by atoms with van der Waals surface area (Å²) in [5, 5.41) is 33.9. The van der Waals surface area contributed by atoms with Crippen molar-refractivity contribution in [1.29, 1.82) is 0 Å². The molecule has 0 spiro atoms. The predicted octanol–water partition coefficient (Wildman–Crippen LogP) is 8.13. The van der Waals surface area contributed by atoms with Crippen LogP contribution in [0, 0.1) is 10.1 Å². The van der Waals surface area contributed by atoms with Crippen LogP contribution in [0.15, 0.2) is 115 Å². The quantitative estimate of drug-likeness (QED) is 0.134. The van der Waals surface area contributed by atoms with Crippen molar-refractivity contribution < 1.29 is 14.8 Å². The summed E-state index contributed by atoms with van der Waals surface area (Å²) in [6.45, 7) is 0. The van der Waals surface area contributed by atoms with Gasteiger partial charge in [0, 0.05) is 35.0 Å². The Hall–Kier alpha value is -5.74. The highest BCUT2D eigenvalue weighted by Gasteiger charge is 2.28. The molecule has 0 aliphatic carbocycles. The Bertz CT molecular complexity index is 2140. The lowest BCUT2D eigenvalue weighted by atomic mass is 9.91. The molecule has 2 aromatic heterocycles. The molecule has 0 aliphatic rings. The van der Waals surface area contributed by atoms with Crippen molar-refractivity contribution in [2.24, 2.45) is 0 Å². The van der Waals surface area contributed by atoms with Crippen LogP contribution in [0.2, 0.25) is 0 Å². The molecule has 0 amide bonds. The average Bonchev–Trinajstić information content (AvgIpc) is 3.68. The van der Waals surface area contributed by atoms with E-state index in [0.717, 1.165) is 38.0 Å². The van der Waals surface area contributed by atoms with Crippen molar-refractivity contribution in [1.82, 2.24) is 14.8 Å². The molecule has 0 radical (unpaired) electrons. The number of non-ortho nitro benzene ring substituents is 1. The molecule has 0 saturated heterocycles. The number of nitro groups is 1. The van der Waals surface area contributed by atoms with Crippen LogP contribution in [0.5, 0.6) is 11.5 Å². The molecule has 5 aromatic carbocycles. The van der Waals surface area contributed by atoms with Crippen LogP contribution in [-0.4, -0.2) is 31.9 Å². The molecule has 0 bridgehead atoms. The van der Waals surface area contributed by atoms with Gasteiger partial charge in [-0.25, -0.2) is 9.67 Å². The van der Waals surface area contributed by atoms with Gasteiger partial charge >= 0.3 is 0 Å². The summed E-state index contributed by atoms with van der Waals surface area (Å²) < 4.78 is 8.15. The average molecular weight is 600 g/mol. The highest BCUT2D eigenvalue weighted by Crippen LogP contribution is 2.42. The number of anilines is 1. The van der Waals surface area contributed by atoms with Crippen LogP contribution in [0.3, 0.4) is 0 Å². The largest absolute Gasteiger partial charge is 0.508 e. The molecule has 0 aliphatic heterocycles. The first-order valence-corrected chi connectivity index (χ1v) is 14.6. The van der Waals surface area contributed by atoms with Gasteiger partial charge in [-0.15, -0.1) is 0 Å². The molecule has 0 fully saturated rings. The zero-order valence-electron chi connectivity index (χ0n) is 23.4. The molecule has 2 N–H and O–H groups in total. The van der Waals surface area contributed by atoms with Crippen molar-refractivity contribution in [2.75, 3.05) is 12.4 Å². The minimum atomic E-state index is -0.605. The van der Waals surface area contributed by atoms with Crippen LogP contribution < -0.4 is 10.1 Å². The number of hydrogen-bond acceptors (Lipinski definition) is 8. The molecule has 2 heterocycles. The lowest BCUT2D eigenvalue weighted by molar-refractivity contribution is -0.384. The number of nitro benzene ring substituents is 1. The van der Waals surface area contributed by atoms with Crippen molar-refractivity contribution in [3.05, 3.63) is 137 Å². The van der Waals surface area contributed by atoms with Crippen molar-refractivity contribution in [2.45, 2.75) is 6.04 Å². The smallest absolute Gasteiger partial charge is 0.269 e.